The zero-order valence-corrected chi connectivity index (χ0v) is 22.8. The molecule has 5 rings (SSSR count). The number of nitrogens with zero attached hydrogens (tertiary/aromatic N) is 1. The SMILES string of the molecule is O=C(O)CC1(CS[C@H](CCc2ccccc2Cl)c2cccc(/C=C/c3ccc4cc(F)c(F)cc4n3)c2)CC1. The highest BCUT2D eigenvalue weighted by Gasteiger charge is 2.44. The summed E-state index contributed by atoms with van der Waals surface area (Å²) in [6, 6.07) is 21.9. The third kappa shape index (κ3) is 7.06. The first-order valence-electron chi connectivity index (χ1n) is 12.9. The Morgan fingerprint density at radius 2 is 1.82 bits per heavy atom. The van der Waals surface area contributed by atoms with Gasteiger partial charge in [-0.25, -0.2) is 13.8 Å². The molecule has 0 radical (unpaired) electrons. The summed E-state index contributed by atoms with van der Waals surface area (Å²) in [5.74, 6) is -1.73. The van der Waals surface area contributed by atoms with Gasteiger partial charge in [0.2, 0.25) is 0 Å². The van der Waals surface area contributed by atoms with E-state index in [4.69, 9.17) is 11.6 Å². The van der Waals surface area contributed by atoms with Crippen molar-refractivity contribution in [2.24, 2.45) is 5.41 Å². The van der Waals surface area contributed by atoms with Crippen LogP contribution in [0.15, 0.2) is 72.8 Å². The van der Waals surface area contributed by atoms with Crippen LogP contribution in [-0.4, -0.2) is 21.8 Å². The normalized spacial score (nSPS) is 15.1. The molecule has 1 heterocycles. The zero-order chi connectivity index (χ0) is 27.4. The highest BCUT2D eigenvalue weighted by molar-refractivity contribution is 7.99. The van der Waals surface area contributed by atoms with Crippen molar-refractivity contribution in [1.82, 2.24) is 4.98 Å². The molecular weight excluding hydrogens is 536 g/mol. The highest BCUT2D eigenvalue weighted by Crippen LogP contribution is 2.53. The molecule has 1 aliphatic carbocycles. The largest absolute Gasteiger partial charge is 0.481 e. The minimum absolute atomic E-state index is 0.0964. The summed E-state index contributed by atoms with van der Waals surface area (Å²) in [5.41, 5.74) is 4.22. The van der Waals surface area contributed by atoms with Gasteiger partial charge in [-0.2, -0.15) is 11.8 Å². The van der Waals surface area contributed by atoms with Crippen molar-refractivity contribution in [3.63, 3.8) is 0 Å². The molecule has 39 heavy (non-hydrogen) atoms. The van der Waals surface area contributed by atoms with Crippen molar-refractivity contribution in [1.29, 1.82) is 0 Å². The highest BCUT2D eigenvalue weighted by atomic mass is 35.5. The summed E-state index contributed by atoms with van der Waals surface area (Å²) in [6.07, 6.45) is 7.65. The van der Waals surface area contributed by atoms with Crippen LogP contribution >= 0.6 is 23.4 Å². The van der Waals surface area contributed by atoms with Crippen LogP contribution in [0, 0.1) is 17.0 Å². The summed E-state index contributed by atoms with van der Waals surface area (Å²) < 4.78 is 27.2. The monoisotopic (exact) mass is 563 g/mol. The van der Waals surface area contributed by atoms with Gasteiger partial charge < -0.3 is 5.11 Å². The Morgan fingerprint density at radius 1 is 1.03 bits per heavy atom. The first kappa shape index (κ1) is 27.4. The Morgan fingerprint density at radius 3 is 2.59 bits per heavy atom. The Bertz CT molecular complexity index is 1540. The number of aliphatic carboxylic acids is 1. The molecule has 1 atom stereocenters. The Kier molecular flexibility index (Phi) is 8.34. The third-order valence-corrected chi connectivity index (χ3v) is 9.25. The zero-order valence-electron chi connectivity index (χ0n) is 21.2. The Labute approximate surface area is 235 Å². The summed E-state index contributed by atoms with van der Waals surface area (Å²) in [5, 5.41) is 10.8. The number of thioether (sulfide) groups is 1. The van der Waals surface area contributed by atoms with Gasteiger partial charge in [-0.15, -0.1) is 0 Å². The molecule has 3 aromatic carbocycles. The number of hydrogen-bond donors (Lipinski definition) is 1. The summed E-state index contributed by atoms with van der Waals surface area (Å²) in [7, 11) is 0. The number of carbonyl (C=O) groups is 1. The van der Waals surface area contributed by atoms with Gasteiger partial charge in [0.1, 0.15) is 0 Å². The number of benzene rings is 3. The lowest BCUT2D eigenvalue weighted by atomic mass is 10.0. The fraction of sp³-hybridized carbons (Fsp3) is 0.250. The number of hydrogen-bond acceptors (Lipinski definition) is 3. The van der Waals surface area contributed by atoms with Gasteiger partial charge in [-0.05, 0) is 72.1 Å². The molecule has 0 spiro atoms. The lowest BCUT2D eigenvalue weighted by Gasteiger charge is -2.21. The molecule has 200 valence electrons. The lowest BCUT2D eigenvalue weighted by Crippen LogP contribution is -2.12. The molecule has 0 saturated heterocycles. The van der Waals surface area contributed by atoms with E-state index < -0.39 is 17.6 Å². The van der Waals surface area contributed by atoms with E-state index >= 15 is 0 Å². The molecule has 1 aromatic heterocycles. The number of rotatable bonds is 11. The van der Waals surface area contributed by atoms with Crippen molar-refractivity contribution in [3.8, 4) is 0 Å². The van der Waals surface area contributed by atoms with E-state index in [0.717, 1.165) is 59.7 Å². The molecule has 1 saturated carbocycles. The third-order valence-electron chi connectivity index (χ3n) is 7.19. The molecule has 3 nitrogen and oxygen atoms in total. The fourth-order valence-electron chi connectivity index (χ4n) is 4.75. The quantitative estimate of drug-likeness (QED) is 0.198. The van der Waals surface area contributed by atoms with Crippen molar-refractivity contribution in [3.05, 3.63) is 112 Å². The second-order valence-electron chi connectivity index (χ2n) is 10.2. The first-order valence-corrected chi connectivity index (χ1v) is 14.3. The van der Waals surface area contributed by atoms with Gasteiger partial charge in [0.05, 0.1) is 17.6 Å². The van der Waals surface area contributed by atoms with Crippen molar-refractivity contribution < 1.29 is 18.7 Å². The van der Waals surface area contributed by atoms with Crippen LogP contribution in [0.25, 0.3) is 23.1 Å². The van der Waals surface area contributed by atoms with Crippen molar-refractivity contribution in [2.45, 2.75) is 37.4 Å². The maximum absolute atomic E-state index is 13.7. The number of aromatic nitrogens is 1. The lowest BCUT2D eigenvalue weighted by molar-refractivity contribution is -0.138. The van der Waals surface area contributed by atoms with Gasteiger partial charge in [-0.1, -0.05) is 66.2 Å². The first-order chi connectivity index (χ1) is 18.8. The summed E-state index contributed by atoms with van der Waals surface area (Å²) >= 11 is 8.25. The van der Waals surface area contributed by atoms with E-state index in [1.807, 2.05) is 60.3 Å². The van der Waals surface area contributed by atoms with Crippen molar-refractivity contribution >= 4 is 52.4 Å². The topological polar surface area (TPSA) is 50.2 Å². The van der Waals surface area contributed by atoms with Crippen LogP contribution in [-0.2, 0) is 11.2 Å². The van der Waals surface area contributed by atoms with Crippen LogP contribution < -0.4 is 0 Å². The van der Waals surface area contributed by atoms with Gasteiger partial charge >= 0.3 is 5.97 Å². The smallest absolute Gasteiger partial charge is 0.303 e. The van der Waals surface area contributed by atoms with E-state index in [1.165, 1.54) is 5.56 Å². The number of halogens is 3. The molecule has 0 aliphatic heterocycles. The van der Waals surface area contributed by atoms with Crippen LogP contribution in [0.1, 0.15) is 53.3 Å². The predicted octanol–water partition coefficient (Wildman–Crippen LogP) is 9.00. The van der Waals surface area contributed by atoms with E-state index in [2.05, 4.69) is 17.1 Å². The second-order valence-corrected chi connectivity index (χ2v) is 11.8. The standard InChI is InChI=1S/C32H28ClF2NO2S/c33-26-7-2-1-5-22(26)10-13-30(39-20-32(14-15-32)19-31(37)38)24-6-3-4-21(16-24)8-11-25-12-9-23-17-27(34)28(35)18-29(23)36-25/h1-9,11-12,16-18,30H,10,13-15,19-20H2,(H,37,38)/b11-8+/t30-/m1/s1. The summed E-state index contributed by atoms with van der Waals surface area (Å²) in [4.78, 5) is 15.8. The van der Waals surface area contributed by atoms with Gasteiger partial charge in [0.15, 0.2) is 11.6 Å². The number of pyridine rings is 1. The number of carboxylic acid groups (broad SMARTS) is 1. The maximum Gasteiger partial charge on any atom is 0.303 e. The molecule has 7 heteroatoms. The molecule has 1 aliphatic rings. The molecule has 0 bridgehead atoms. The minimum atomic E-state index is -0.916. The van der Waals surface area contributed by atoms with Gasteiger partial charge in [0.25, 0.3) is 0 Å². The van der Waals surface area contributed by atoms with Crippen molar-refractivity contribution in [2.75, 3.05) is 5.75 Å². The van der Waals surface area contributed by atoms with Crippen LogP contribution in [0.4, 0.5) is 8.78 Å². The molecule has 0 amide bonds. The van der Waals surface area contributed by atoms with E-state index in [-0.39, 0.29) is 17.1 Å². The van der Waals surface area contributed by atoms with Crippen LogP contribution in [0.5, 0.6) is 0 Å². The van der Waals surface area contributed by atoms with E-state index in [0.29, 0.717) is 16.6 Å². The minimum Gasteiger partial charge on any atom is -0.481 e. The maximum atomic E-state index is 13.7. The number of aryl methyl sites for hydroxylation is 1. The Balaban J connectivity index is 1.35. The average Bonchev–Trinajstić information content (AvgIpc) is 3.68. The Hall–Kier alpha value is -3.22. The fourth-order valence-corrected chi connectivity index (χ4v) is 6.55. The van der Waals surface area contributed by atoms with E-state index in [1.54, 1.807) is 12.1 Å². The summed E-state index contributed by atoms with van der Waals surface area (Å²) in [6.45, 7) is 0. The number of carboxylic acids is 1. The molecule has 4 aromatic rings. The van der Waals surface area contributed by atoms with E-state index in [9.17, 15) is 18.7 Å². The second kappa shape index (κ2) is 11.9. The van der Waals surface area contributed by atoms with Crippen LogP contribution in [0.3, 0.4) is 0 Å². The predicted molar refractivity (Wildman–Crippen MR) is 156 cm³/mol. The molecular formula is C32H28ClF2NO2S. The van der Waals surface area contributed by atoms with Gasteiger partial charge in [0, 0.05) is 27.5 Å². The molecule has 1 fully saturated rings. The molecule has 1 N–H and O–H groups in total. The van der Waals surface area contributed by atoms with Crippen LogP contribution in [0.2, 0.25) is 5.02 Å². The van der Waals surface area contributed by atoms with Gasteiger partial charge in [-0.3, -0.25) is 4.79 Å². The number of fused-ring (bicyclic) bond motifs is 1. The average molecular weight is 564 g/mol. The molecule has 0 unspecified atom stereocenters.